The molecule has 2 aromatic carbocycles. The maximum Gasteiger partial charge on any atom is 0.407 e. The lowest BCUT2D eigenvalue weighted by atomic mass is 10.0. The van der Waals surface area contributed by atoms with Crippen LogP contribution in [0.2, 0.25) is 0 Å². The minimum Gasteiger partial charge on any atom is -0.453 e. The number of rotatable bonds is 11. The largest absolute Gasteiger partial charge is 0.453 e. The van der Waals surface area contributed by atoms with Gasteiger partial charge >= 0.3 is 18.4 Å². The van der Waals surface area contributed by atoms with Crippen LogP contribution in [0.1, 0.15) is 62.6 Å². The second kappa shape index (κ2) is 18.9. The van der Waals surface area contributed by atoms with Gasteiger partial charge in [0.1, 0.15) is 35.8 Å². The molecule has 2 aliphatic heterocycles. The molecule has 0 bridgehead atoms. The van der Waals surface area contributed by atoms with Crippen LogP contribution in [0.5, 0.6) is 0 Å². The summed E-state index contributed by atoms with van der Waals surface area (Å²) in [6.45, 7) is 6.32. The molecular formula is C42H49F3N10O6. The van der Waals surface area contributed by atoms with Crippen molar-refractivity contribution in [3.8, 4) is 34.4 Å². The van der Waals surface area contributed by atoms with E-state index in [2.05, 4.69) is 52.5 Å². The first-order valence-corrected chi connectivity index (χ1v) is 19.7. The van der Waals surface area contributed by atoms with Crippen LogP contribution in [0.15, 0.2) is 60.9 Å². The zero-order valence-corrected chi connectivity index (χ0v) is 34.6. The van der Waals surface area contributed by atoms with E-state index in [0.717, 1.165) is 40.0 Å². The molecule has 4 amide bonds. The number of amides is 4. The SMILES string of the molecule is COC(=O)N[C@H](C(=O)N1CNC[C@H]1c1ncc(-c2ccc(C#Cc3ccc(-c4cnc([C@@H]5CN(CC(F)(F)F)CN5C(=O)[C@@H](NC(=O)OC)C(C)C)[nH]4)cc3)cc2)[nH]1)C(C)C. The number of methoxy groups -OCH3 is 2. The van der Waals surface area contributed by atoms with Crippen molar-refractivity contribution >= 4 is 24.0 Å². The van der Waals surface area contributed by atoms with Gasteiger partial charge in [-0.25, -0.2) is 19.6 Å². The van der Waals surface area contributed by atoms with E-state index in [4.69, 9.17) is 4.74 Å². The number of aromatic amines is 2. The van der Waals surface area contributed by atoms with Gasteiger partial charge in [0.05, 0.1) is 57.9 Å². The van der Waals surface area contributed by atoms with Crippen LogP contribution in [-0.2, 0) is 19.1 Å². The monoisotopic (exact) mass is 846 g/mol. The molecule has 5 N–H and O–H groups in total. The molecule has 19 heteroatoms. The van der Waals surface area contributed by atoms with Crippen LogP contribution in [0.4, 0.5) is 22.8 Å². The zero-order valence-electron chi connectivity index (χ0n) is 34.6. The van der Waals surface area contributed by atoms with Gasteiger partial charge in [-0.1, -0.05) is 63.8 Å². The zero-order chi connectivity index (χ0) is 44.0. The molecule has 2 aliphatic rings. The van der Waals surface area contributed by atoms with Crippen LogP contribution in [0, 0.1) is 23.7 Å². The Bertz CT molecular complexity index is 2250. The molecule has 4 aromatic rings. The lowest BCUT2D eigenvalue weighted by molar-refractivity contribution is -0.148. The third-order valence-corrected chi connectivity index (χ3v) is 10.5. The number of nitrogens with zero attached hydrogens (tertiary/aromatic N) is 5. The van der Waals surface area contributed by atoms with Crippen LogP contribution in [0.3, 0.4) is 0 Å². The Morgan fingerprint density at radius 3 is 1.66 bits per heavy atom. The molecule has 0 aliphatic carbocycles. The summed E-state index contributed by atoms with van der Waals surface area (Å²) in [6, 6.07) is 12.0. The highest BCUT2D eigenvalue weighted by atomic mass is 19.4. The minimum absolute atomic E-state index is 0.114. The normalized spacial score (nSPS) is 17.8. The van der Waals surface area contributed by atoms with Crippen molar-refractivity contribution in [3.63, 3.8) is 0 Å². The predicted octanol–water partition coefficient (Wildman–Crippen LogP) is 4.76. The molecule has 2 fully saturated rings. The van der Waals surface area contributed by atoms with E-state index in [1.165, 1.54) is 12.0 Å². The first-order valence-electron chi connectivity index (χ1n) is 19.7. The summed E-state index contributed by atoms with van der Waals surface area (Å²) >= 11 is 0. The summed E-state index contributed by atoms with van der Waals surface area (Å²) < 4.78 is 49.7. The van der Waals surface area contributed by atoms with Gasteiger partial charge in [0, 0.05) is 24.2 Å². The number of hydrogen-bond donors (Lipinski definition) is 5. The molecule has 0 saturated carbocycles. The quantitative estimate of drug-likeness (QED) is 0.132. The average molecular weight is 847 g/mol. The van der Waals surface area contributed by atoms with Gasteiger partial charge < -0.3 is 39.9 Å². The lowest BCUT2D eigenvalue weighted by Crippen LogP contribution is -2.51. The molecule has 4 heterocycles. The van der Waals surface area contributed by atoms with Crippen molar-refractivity contribution in [2.75, 3.05) is 47.2 Å². The van der Waals surface area contributed by atoms with E-state index >= 15 is 0 Å². The van der Waals surface area contributed by atoms with Crippen molar-refractivity contribution in [1.29, 1.82) is 0 Å². The summed E-state index contributed by atoms with van der Waals surface area (Å²) in [4.78, 5) is 70.7. The van der Waals surface area contributed by atoms with E-state index in [-0.39, 0.29) is 37.0 Å². The number of halogens is 3. The summed E-state index contributed by atoms with van der Waals surface area (Å²) in [6.07, 6.45) is -2.69. The molecule has 2 aromatic heterocycles. The van der Waals surface area contributed by atoms with E-state index in [1.807, 2.05) is 62.4 Å². The molecule has 4 atom stereocenters. The van der Waals surface area contributed by atoms with Crippen molar-refractivity contribution < 1.29 is 41.8 Å². The first-order chi connectivity index (χ1) is 29.0. The molecule has 0 unspecified atom stereocenters. The van der Waals surface area contributed by atoms with Crippen LogP contribution >= 0.6 is 0 Å². The van der Waals surface area contributed by atoms with Gasteiger partial charge in [-0.3, -0.25) is 19.8 Å². The Morgan fingerprint density at radius 2 is 1.21 bits per heavy atom. The Balaban J connectivity index is 1.11. The molecule has 324 valence electrons. The van der Waals surface area contributed by atoms with Gasteiger partial charge in [0.15, 0.2) is 0 Å². The van der Waals surface area contributed by atoms with Crippen molar-refractivity contribution in [2.24, 2.45) is 11.8 Å². The molecule has 0 spiro atoms. The highest BCUT2D eigenvalue weighted by Gasteiger charge is 2.44. The number of imidazole rings is 2. The second-order valence-electron chi connectivity index (χ2n) is 15.5. The molecule has 61 heavy (non-hydrogen) atoms. The summed E-state index contributed by atoms with van der Waals surface area (Å²) in [5, 5.41) is 8.36. The fourth-order valence-electron chi connectivity index (χ4n) is 7.23. The number of benzene rings is 2. The number of nitrogens with one attached hydrogen (secondary N) is 5. The fourth-order valence-corrected chi connectivity index (χ4v) is 7.23. The Kier molecular flexibility index (Phi) is 13.7. The van der Waals surface area contributed by atoms with Crippen LogP contribution in [0.25, 0.3) is 22.5 Å². The van der Waals surface area contributed by atoms with Gasteiger partial charge in [-0.05, 0) is 47.2 Å². The number of carbonyl (C=O) groups excluding carboxylic acids is 4. The lowest BCUT2D eigenvalue weighted by Gasteiger charge is -2.29. The van der Waals surface area contributed by atoms with Crippen LogP contribution < -0.4 is 16.0 Å². The highest BCUT2D eigenvalue weighted by Crippen LogP contribution is 2.32. The number of carbonyl (C=O) groups is 4. The third-order valence-electron chi connectivity index (χ3n) is 10.5. The number of alkyl carbamates (subject to hydrolysis) is 2. The predicted molar refractivity (Wildman–Crippen MR) is 217 cm³/mol. The summed E-state index contributed by atoms with van der Waals surface area (Å²) in [7, 11) is 2.42. The Labute approximate surface area is 351 Å². The second-order valence-corrected chi connectivity index (χ2v) is 15.5. The molecule has 0 radical (unpaired) electrons. The number of H-pyrrole nitrogens is 2. The number of aromatic nitrogens is 4. The van der Waals surface area contributed by atoms with Gasteiger partial charge in [-0.15, -0.1) is 0 Å². The molecule has 6 rings (SSSR count). The smallest absolute Gasteiger partial charge is 0.407 e. The van der Waals surface area contributed by atoms with E-state index in [9.17, 15) is 32.3 Å². The Morgan fingerprint density at radius 1 is 0.754 bits per heavy atom. The fraction of sp³-hybridized carbons (Fsp3) is 0.429. The van der Waals surface area contributed by atoms with Crippen LogP contribution in [-0.4, -0.2) is 124 Å². The van der Waals surface area contributed by atoms with Crippen molar-refractivity contribution in [1.82, 2.24) is 50.6 Å². The van der Waals surface area contributed by atoms with E-state index in [0.29, 0.717) is 30.6 Å². The van der Waals surface area contributed by atoms with Crippen molar-refractivity contribution in [2.45, 2.75) is 58.0 Å². The minimum atomic E-state index is -4.48. The third kappa shape index (κ3) is 10.7. The van der Waals surface area contributed by atoms with Crippen molar-refractivity contribution in [3.05, 3.63) is 83.7 Å². The van der Waals surface area contributed by atoms with Gasteiger partial charge in [0.25, 0.3) is 0 Å². The average Bonchev–Trinajstić information content (AvgIpc) is 4.07. The first kappa shape index (κ1) is 44.2. The number of ether oxygens (including phenoxy) is 2. The van der Waals surface area contributed by atoms with E-state index < -0.39 is 48.9 Å². The summed E-state index contributed by atoms with van der Waals surface area (Å²) in [5.74, 6) is 5.93. The van der Waals surface area contributed by atoms with E-state index in [1.54, 1.807) is 31.1 Å². The maximum atomic E-state index is 13.7. The summed E-state index contributed by atoms with van der Waals surface area (Å²) in [5.41, 5.74) is 4.50. The molecule has 2 saturated heterocycles. The topological polar surface area (TPSA) is 190 Å². The molecular weight excluding hydrogens is 798 g/mol. The maximum absolute atomic E-state index is 13.7. The van der Waals surface area contributed by atoms with Gasteiger partial charge in [0.2, 0.25) is 11.8 Å². The standard InChI is InChI=1S/C42H49F3N10O6/c1-24(2)34(51-40(58)60-5)38(56)54-22-46-19-32(54)36-47-17-30(49-36)28-13-9-26(10-14-28)7-8-27-11-15-29(16-12-27)31-18-48-37(50-31)33-20-53(21-42(43,44)45)23-55(33)39(57)35(25(3)4)52-41(59)61-6/h9-18,24-25,32-35,46H,19-23H2,1-6H3,(H,47,49)(H,48,50)(H,51,58)(H,52,59)/t32-,33-,34-,35-/m0/s1. The number of alkyl halides is 3. The highest BCUT2D eigenvalue weighted by molar-refractivity contribution is 5.87. The Hall–Kier alpha value is -6.39. The number of hydrogen-bond acceptors (Lipinski definition) is 10. The van der Waals surface area contributed by atoms with Gasteiger partial charge in [-0.2, -0.15) is 13.2 Å². The molecule has 16 nitrogen and oxygen atoms in total.